The SMILES string of the molecule is Cc1ccccc1C(Sc1nc(C)c(C)c(C)n1)C(C)N. The van der Waals surface area contributed by atoms with Crippen LogP contribution in [0.25, 0.3) is 0 Å². The van der Waals surface area contributed by atoms with Gasteiger partial charge in [0.1, 0.15) is 0 Å². The van der Waals surface area contributed by atoms with Gasteiger partial charge in [0.2, 0.25) is 0 Å². The minimum absolute atomic E-state index is 0.0293. The molecule has 0 saturated heterocycles. The highest BCUT2D eigenvalue weighted by Crippen LogP contribution is 2.37. The molecule has 0 radical (unpaired) electrons. The van der Waals surface area contributed by atoms with Gasteiger partial charge in [0.15, 0.2) is 5.16 Å². The zero-order valence-corrected chi connectivity index (χ0v) is 14.2. The van der Waals surface area contributed by atoms with Crippen LogP contribution in [-0.2, 0) is 0 Å². The third-order valence-electron chi connectivity index (χ3n) is 3.82. The van der Waals surface area contributed by atoms with E-state index in [1.54, 1.807) is 11.8 Å². The molecule has 2 aromatic rings. The first-order valence-electron chi connectivity index (χ1n) is 7.19. The molecule has 0 aliphatic rings. The number of aryl methyl sites for hydroxylation is 3. The fourth-order valence-electron chi connectivity index (χ4n) is 2.27. The van der Waals surface area contributed by atoms with Crippen LogP contribution in [0.4, 0.5) is 0 Å². The lowest BCUT2D eigenvalue weighted by molar-refractivity contribution is 0.713. The van der Waals surface area contributed by atoms with Crippen molar-refractivity contribution in [2.24, 2.45) is 5.73 Å². The van der Waals surface area contributed by atoms with Crippen LogP contribution in [0.3, 0.4) is 0 Å². The van der Waals surface area contributed by atoms with Gasteiger partial charge in [-0.3, -0.25) is 0 Å². The largest absolute Gasteiger partial charge is 0.327 e. The van der Waals surface area contributed by atoms with Crippen LogP contribution in [0, 0.1) is 27.7 Å². The Hall–Kier alpha value is -1.39. The van der Waals surface area contributed by atoms with Crippen molar-refractivity contribution in [3.8, 4) is 0 Å². The van der Waals surface area contributed by atoms with Gasteiger partial charge in [-0.15, -0.1) is 0 Å². The van der Waals surface area contributed by atoms with E-state index in [1.807, 2.05) is 20.8 Å². The van der Waals surface area contributed by atoms with Gasteiger partial charge in [0.05, 0.1) is 5.25 Å². The van der Waals surface area contributed by atoms with Gasteiger partial charge >= 0.3 is 0 Å². The highest BCUT2D eigenvalue weighted by atomic mass is 32.2. The first-order chi connectivity index (χ1) is 9.90. The molecule has 4 heteroatoms. The maximum atomic E-state index is 6.22. The lowest BCUT2D eigenvalue weighted by Gasteiger charge is -2.22. The van der Waals surface area contributed by atoms with E-state index in [2.05, 4.69) is 48.1 Å². The summed E-state index contributed by atoms with van der Waals surface area (Å²) in [6, 6.07) is 8.41. The molecule has 0 aliphatic carbocycles. The molecule has 0 fully saturated rings. The van der Waals surface area contributed by atoms with E-state index in [4.69, 9.17) is 5.73 Å². The Morgan fingerprint density at radius 2 is 1.57 bits per heavy atom. The van der Waals surface area contributed by atoms with Gasteiger partial charge in [-0.2, -0.15) is 0 Å². The zero-order valence-electron chi connectivity index (χ0n) is 13.3. The maximum absolute atomic E-state index is 6.22. The highest BCUT2D eigenvalue weighted by molar-refractivity contribution is 7.99. The second-order valence-corrected chi connectivity index (χ2v) is 6.66. The third-order valence-corrected chi connectivity index (χ3v) is 5.15. The van der Waals surface area contributed by atoms with Crippen molar-refractivity contribution in [3.05, 3.63) is 52.3 Å². The molecule has 2 atom stereocenters. The van der Waals surface area contributed by atoms with E-state index in [-0.39, 0.29) is 11.3 Å². The van der Waals surface area contributed by atoms with Crippen LogP contribution in [0.1, 0.15) is 40.3 Å². The van der Waals surface area contributed by atoms with E-state index >= 15 is 0 Å². The molecule has 0 spiro atoms. The van der Waals surface area contributed by atoms with Crippen molar-refractivity contribution >= 4 is 11.8 Å². The highest BCUT2D eigenvalue weighted by Gasteiger charge is 2.21. The number of thioether (sulfide) groups is 1. The molecule has 0 saturated carbocycles. The van der Waals surface area contributed by atoms with Crippen molar-refractivity contribution in [2.75, 3.05) is 0 Å². The monoisotopic (exact) mass is 301 g/mol. The second-order valence-electron chi connectivity index (χ2n) is 5.56. The number of nitrogens with zero attached hydrogens (tertiary/aromatic N) is 2. The average Bonchev–Trinajstić information content (AvgIpc) is 2.42. The van der Waals surface area contributed by atoms with Crippen LogP contribution in [-0.4, -0.2) is 16.0 Å². The normalized spacial score (nSPS) is 14.0. The van der Waals surface area contributed by atoms with Crippen molar-refractivity contribution in [2.45, 2.75) is 51.1 Å². The lowest BCUT2D eigenvalue weighted by Crippen LogP contribution is -2.23. The Labute approximate surface area is 131 Å². The van der Waals surface area contributed by atoms with Gasteiger partial charge in [-0.1, -0.05) is 36.0 Å². The van der Waals surface area contributed by atoms with E-state index in [0.29, 0.717) is 0 Å². The Morgan fingerprint density at radius 3 is 2.10 bits per heavy atom. The van der Waals surface area contributed by atoms with Crippen molar-refractivity contribution in [1.29, 1.82) is 0 Å². The fraction of sp³-hybridized carbons (Fsp3) is 0.412. The van der Waals surface area contributed by atoms with E-state index in [9.17, 15) is 0 Å². The Kier molecular flexibility index (Phi) is 5.01. The molecule has 2 N–H and O–H groups in total. The van der Waals surface area contributed by atoms with Crippen molar-refractivity contribution < 1.29 is 0 Å². The lowest BCUT2D eigenvalue weighted by atomic mass is 10.0. The van der Waals surface area contributed by atoms with Gasteiger partial charge in [0.25, 0.3) is 0 Å². The van der Waals surface area contributed by atoms with Crippen molar-refractivity contribution in [3.63, 3.8) is 0 Å². The average molecular weight is 301 g/mol. The topological polar surface area (TPSA) is 51.8 Å². The van der Waals surface area contributed by atoms with Gasteiger partial charge in [-0.25, -0.2) is 9.97 Å². The number of nitrogens with two attached hydrogens (primary N) is 1. The summed E-state index contributed by atoms with van der Waals surface area (Å²) < 4.78 is 0. The number of aromatic nitrogens is 2. The summed E-state index contributed by atoms with van der Waals surface area (Å²) in [6.07, 6.45) is 0. The van der Waals surface area contributed by atoms with E-state index < -0.39 is 0 Å². The molecular weight excluding hydrogens is 278 g/mol. The van der Waals surface area contributed by atoms with Crippen LogP contribution >= 0.6 is 11.8 Å². The third kappa shape index (κ3) is 3.63. The number of benzene rings is 1. The molecule has 21 heavy (non-hydrogen) atoms. The molecule has 1 aromatic heterocycles. The minimum Gasteiger partial charge on any atom is -0.327 e. The summed E-state index contributed by atoms with van der Waals surface area (Å²) in [5.41, 5.74) is 12.0. The quantitative estimate of drug-likeness (QED) is 0.687. The van der Waals surface area contributed by atoms with E-state index in [0.717, 1.165) is 22.1 Å². The summed E-state index contributed by atoms with van der Waals surface area (Å²) in [7, 11) is 0. The van der Waals surface area contributed by atoms with Crippen LogP contribution in [0.15, 0.2) is 29.4 Å². The van der Waals surface area contributed by atoms with Crippen molar-refractivity contribution in [1.82, 2.24) is 9.97 Å². The molecule has 1 aromatic carbocycles. The van der Waals surface area contributed by atoms with Gasteiger partial charge < -0.3 is 5.73 Å². The molecule has 112 valence electrons. The smallest absolute Gasteiger partial charge is 0.188 e. The summed E-state index contributed by atoms with van der Waals surface area (Å²) in [5, 5.41) is 0.967. The van der Waals surface area contributed by atoms with Crippen LogP contribution in [0.5, 0.6) is 0 Å². The number of rotatable bonds is 4. The van der Waals surface area contributed by atoms with E-state index in [1.165, 1.54) is 11.1 Å². The second kappa shape index (κ2) is 6.58. The van der Waals surface area contributed by atoms with Gasteiger partial charge in [0, 0.05) is 17.4 Å². The summed E-state index contributed by atoms with van der Waals surface area (Å²) in [4.78, 5) is 9.21. The summed E-state index contributed by atoms with van der Waals surface area (Å²) in [5.74, 6) is 0. The maximum Gasteiger partial charge on any atom is 0.188 e. The Bertz CT molecular complexity index is 615. The Morgan fingerprint density at radius 1 is 1.00 bits per heavy atom. The fourth-order valence-corrected chi connectivity index (χ4v) is 3.48. The van der Waals surface area contributed by atoms with Crippen LogP contribution in [0.2, 0.25) is 0 Å². The first kappa shape index (κ1) is 16.0. The molecule has 3 nitrogen and oxygen atoms in total. The minimum atomic E-state index is 0.0293. The molecule has 0 aliphatic heterocycles. The number of hydrogen-bond donors (Lipinski definition) is 1. The summed E-state index contributed by atoms with van der Waals surface area (Å²) >= 11 is 1.65. The predicted octanol–water partition coefficient (Wildman–Crippen LogP) is 3.89. The standard InChI is InChI=1S/C17H23N3S/c1-10-8-6-7-9-15(10)16(12(3)18)21-17-19-13(4)11(2)14(5)20-17/h6-9,12,16H,18H2,1-5H3. The molecular formula is C17H23N3S. The Balaban J connectivity index is 2.36. The van der Waals surface area contributed by atoms with Gasteiger partial charge in [-0.05, 0) is 51.3 Å². The molecule has 2 unspecified atom stereocenters. The first-order valence-corrected chi connectivity index (χ1v) is 8.07. The summed E-state index contributed by atoms with van der Waals surface area (Å²) in [6.45, 7) is 10.3. The molecule has 0 amide bonds. The molecule has 0 bridgehead atoms. The predicted molar refractivity (Wildman–Crippen MR) is 89.7 cm³/mol. The van der Waals surface area contributed by atoms with Crippen LogP contribution < -0.4 is 5.73 Å². The number of hydrogen-bond acceptors (Lipinski definition) is 4. The molecule has 1 heterocycles. The zero-order chi connectivity index (χ0) is 15.6. The molecule has 2 rings (SSSR count).